The van der Waals surface area contributed by atoms with Crippen molar-refractivity contribution < 1.29 is 18.3 Å². The van der Waals surface area contributed by atoms with Gasteiger partial charge >= 0.3 is 5.69 Å². The Morgan fingerprint density at radius 3 is 2.20 bits per heavy atom. The van der Waals surface area contributed by atoms with Crippen molar-refractivity contribution in [2.75, 3.05) is 4.72 Å². The van der Waals surface area contributed by atoms with Gasteiger partial charge in [-0.3, -0.25) is 14.5 Å². The Hall–Kier alpha value is -4.30. The van der Waals surface area contributed by atoms with Crippen LogP contribution in [0.4, 0.5) is 5.82 Å². The lowest BCUT2D eigenvalue weighted by atomic mass is 10.3. The van der Waals surface area contributed by atoms with E-state index in [1.807, 2.05) is 0 Å². The van der Waals surface area contributed by atoms with E-state index in [1.54, 1.807) is 30.3 Å². The van der Waals surface area contributed by atoms with Gasteiger partial charge < -0.3 is 9.84 Å². The summed E-state index contributed by atoms with van der Waals surface area (Å²) in [5.74, 6) is -0.738. The number of aromatic amines is 1. The minimum atomic E-state index is -4.42. The van der Waals surface area contributed by atoms with E-state index in [4.69, 9.17) is 39.5 Å². The summed E-state index contributed by atoms with van der Waals surface area (Å²) in [6, 6.07) is 14.8. The number of phenolic OH excluding ortho intramolecular Hbond substituents is 1. The Morgan fingerprint density at radius 1 is 0.850 bits per heavy atom. The molecular weight excluding hydrogens is 607 g/mol. The van der Waals surface area contributed by atoms with Crippen molar-refractivity contribution >= 4 is 50.6 Å². The Morgan fingerprint density at radius 2 is 1.52 bits per heavy atom. The lowest BCUT2D eigenvalue weighted by Gasteiger charge is -2.15. The van der Waals surface area contributed by atoms with E-state index in [2.05, 4.69) is 19.9 Å². The van der Waals surface area contributed by atoms with E-state index in [-0.39, 0.29) is 38.1 Å². The van der Waals surface area contributed by atoms with Crippen LogP contribution in [0.1, 0.15) is 0 Å². The number of aromatic nitrogens is 5. The SMILES string of the molecule is O=c1cnn(-c2cc(Cl)c(Oc3ccc(O)c(S(=O)(=O)Nc4c(Cl)cnn4-c4ccccc4)c3)c(Cl)c2)c(=O)[nH]1. The number of phenols is 1. The first-order chi connectivity index (χ1) is 19.0. The van der Waals surface area contributed by atoms with Gasteiger partial charge in [0.15, 0.2) is 11.6 Å². The van der Waals surface area contributed by atoms with E-state index in [9.17, 15) is 23.1 Å². The number of halogens is 3. The smallest absolute Gasteiger partial charge is 0.349 e. The molecule has 3 N–H and O–H groups in total. The number of aromatic hydroxyl groups is 1. The second-order valence-electron chi connectivity index (χ2n) is 8.01. The lowest BCUT2D eigenvalue weighted by molar-refractivity contribution is 0.449. The first kappa shape index (κ1) is 27.3. The summed E-state index contributed by atoms with van der Waals surface area (Å²) in [5, 5.41) is 18.2. The number of hydrogen-bond donors (Lipinski definition) is 3. The number of benzene rings is 3. The van der Waals surface area contributed by atoms with Gasteiger partial charge in [-0.15, -0.1) is 0 Å². The first-order valence-corrected chi connectivity index (χ1v) is 13.7. The molecule has 204 valence electrons. The molecule has 0 fully saturated rings. The van der Waals surface area contributed by atoms with Crippen LogP contribution < -0.4 is 20.7 Å². The first-order valence-electron chi connectivity index (χ1n) is 11.0. The van der Waals surface area contributed by atoms with Crippen LogP contribution in [0, 0.1) is 0 Å². The van der Waals surface area contributed by atoms with Crippen molar-refractivity contribution in [3.05, 3.63) is 109 Å². The maximum atomic E-state index is 13.3. The number of nitrogens with zero attached hydrogens (tertiary/aromatic N) is 4. The molecular formula is C24H15Cl3N6O6S. The van der Waals surface area contributed by atoms with Crippen LogP contribution in [0.2, 0.25) is 15.1 Å². The van der Waals surface area contributed by atoms with Gasteiger partial charge in [0.2, 0.25) is 0 Å². The number of para-hydroxylation sites is 1. The molecule has 0 aliphatic carbocycles. The molecule has 3 aromatic carbocycles. The van der Waals surface area contributed by atoms with E-state index in [0.29, 0.717) is 5.69 Å². The summed E-state index contributed by atoms with van der Waals surface area (Å²) in [6.45, 7) is 0. The highest BCUT2D eigenvalue weighted by molar-refractivity contribution is 7.92. The van der Waals surface area contributed by atoms with Gasteiger partial charge in [0, 0.05) is 6.07 Å². The van der Waals surface area contributed by atoms with E-state index >= 15 is 0 Å². The Kier molecular flexibility index (Phi) is 7.29. The molecule has 2 heterocycles. The molecule has 0 unspecified atom stereocenters. The molecule has 0 saturated carbocycles. The normalized spacial score (nSPS) is 11.4. The summed E-state index contributed by atoms with van der Waals surface area (Å²) in [5.41, 5.74) is -0.824. The molecule has 16 heteroatoms. The highest BCUT2D eigenvalue weighted by atomic mass is 35.5. The molecule has 5 rings (SSSR count). The zero-order chi connectivity index (χ0) is 28.6. The Balaban J connectivity index is 1.47. The van der Waals surface area contributed by atoms with Crippen LogP contribution in [0.5, 0.6) is 17.2 Å². The molecule has 0 bridgehead atoms. The number of H-pyrrole nitrogens is 1. The zero-order valence-corrected chi connectivity index (χ0v) is 22.8. The number of anilines is 1. The van der Waals surface area contributed by atoms with Crippen molar-refractivity contribution in [2.24, 2.45) is 0 Å². The highest BCUT2D eigenvalue weighted by Crippen LogP contribution is 2.40. The maximum Gasteiger partial charge on any atom is 0.349 e. The fraction of sp³-hybridized carbons (Fsp3) is 0. The van der Waals surface area contributed by atoms with Gasteiger partial charge in [0.1, 0.15) is 27.6 Å². The third kappa shape index (κ3) is 5.40. The molecule has 2 aromatic heterocycles. The van der Waals surface area contributed by atoms with Gasteiger partial charge in [-0.2, -0.15) is 14.9 Å². The van der Waals surface area contributed by atoms with Crippen molar-refractivity contribution in [3.8, 4) is 28.6 Å². The van der Waals surface area contributed by atoms with Gasteiger partial charge in [-0.05, 0) is 36.4 Å². The number of rotatable bonds is 7. The maximum absolute atomic E-state index is 13.3. The standard InChI is InChI=1S/C24H15Cl3N6O6S/c25-16-8-14(33-24(36)30-21(35)12-29-33)9-17(26)22(16)39-15-6-7-19(34)20(10-15)40(37,38)31-23-18(27)11-28-32(23)13-4-2-1-3-5-13/h1-12,31,34H,(H,30,35,36). The van der Waals surface area contributed by atoms with Crippen molar-refractivity contribution in [3.63, 3.8) is 0 Å². The minimum absolute atomic E-state index is 0.0223. The van der Waals surface area contributed by atoms with Crippen molar-refractivity contribution in [1.82, 2.24) is 24.5 Å². The zero-order valence-electron chi connectivity index (χ0n) is 19.7. The molecule has 5 aromatic rings. The second-order valence-corrected chi connectivity index (χ2v) is 10.9. The lowest BCUT2D eigenvalue weighted by Crippen LogP contribution is -2.30. The number of nitrogens with one attached hydrogen (secondary N) is 2. The largest absolute Gasteiger partial charge is 0.507 e. The summed E-state index contributed by atoms with van der Waals surface area (Å²) in [6.07, 6.45) is 2.18. The predicted octanol–water partition coefficient (Wildman–Crippen LogP) is 4.37. The molecule has 0 aliphatic rings. The van der Waals surface area contributed by atoms with Crippen molar-refractivity contribution in [2.45, 2.75) is 4.90 Å². The van der Waals surface area contributed by atoms with Gasteiger partial charge in [-0.25, -0.2) is 17.9 Å². The van der Waals surface area contributed by atoms with Gasteiger partial charge in [0.05, 0.1) is 27.6 Å². The average Bonchev–Trinajstić information content (AvgIpc) is 3.26. The quantitative estimate of drug-likeness (QED) is 0.241. The van der Waals surface area contributed by atoms with Crippen LogP contribution >= 0.6 is 34.8 Å². The Bertz CT molecular complexity index is 1950. The Labute approximate surface area is 240 Å². The van der Waals surface area contributed by atoms with Crippen LogP contribution in [0.25, 0.3) is 11.4 Å². The van der Waals surface area contributed by atoms with E-state index in [1.165, 1.54) is 29.1 Å². The molecule has 0 saturated heterocycles. The number of sulfonamides is 1. The van der Waals surface area contributed by atoms with Crippen molar-refractivity contribution in [1.29, 1.82) is 0 Å². The average molecular weight is 622 g/mol. The second kappa shape index (κ2) is 10.7. The predicted molar refractivity (Wildman–Crippen MR) is 148 cm³/mol. The summed E-state index contributed by atoms with van der Waals surface area (Å²) >= 11 is 18.9. The van der Waals surface area contributed by atoms with Crippen LogP contribution in [-0.2, 0) is 10.0 Å². The fourth-order valence-electron chi connectivity index (χ4n) is 3.56. The monoisotopic (exact) mass is 620 g/mol. The molecule has 40 heavy (non-hydrogen) atoms. The summed E-state index contributed by atoms with van der Waals surface area (Å²) < 4.78 is 36.9. The third-order valence-electron chi connectivity index (χ3n) is 5.34. The van der Waals surface area contributed by atoms with E-state index in [0.717, 1.165) is 23.0 Å². The van der Waals surface area contributed by atoms with E-state index < -0.39 is 31.9 Å². The number of ether oxygens (including phenoxy) is 1. The molecule has 0 amide bonds. The minimum Gasteiger partial charge on any atom is -0.507 e. The molecule has 0 spiro atoms. The molecule has 12 nitrogen and oxygen atoms in total. The van der Waals surface area contributed by atoms with Crippen LogP contribution in [0.15, 0.2) is 87.5 Å². The highest BCUT2D eigenvalue weighted by Gasteiger charge is 2.24. The molecule has 0 atom stereocenters. The summed E-state index contributed by atoms with van der Waals surface area (Å²) in [4.78, 5) is 24.9. The third-order valence-corrected chi connectivity index (χ3v) is 7.54. The van der Waals surface area contributed by atoms with Crippen LogP contribution in [0.3, 0.4) is 0 Å². The summed E-state index contributed by atoms with van der Waals surface area (Å²) in [7, 11) is -4.42. The fourth-order valence-corrected chi connectivity index (χ4v) is 5.52. The topological polar surface area (TPSA) is 161 Å². The molecule has 0 aliphatic heterocycles. The van der Waals surface area contributed by atoms with Crippen LogP contribution in [-0.4, -0.2) is 38.1 Å². The van der Waals surface area contributed by atoms with Gasteiger partial charge in [-0.1, -0.05) is 53.0 Å². The van der Waals surface area contributed by atoms with Gasteiger partial charge in [0.25, 0.3) is 15.6 Å². The number of hydrogen-bond acceptors (Lipinski definition) is 8. The molecule has 0 radical (unpaired) electrons.